The summed E-state index contributed by atoms with van der Waals surface area (Å²) in [4.78, 5) is 0.960. The lowest BCUT2D eigenvalue weighted by molar-refractivity contribution is 0.113. The van der Waals surface area contributed by atoms with Crippen molar-refractivity contribution in [2.75, 3.05) is 12.4 Å². The second-order valence-corrected chi connectivity index (χ2v) is 5.12. The normalized spacial score (nSPS) is 14.8. The number of benzene rings is 1. The number of nitrogens with two attached hydrogens (primary N) is 1. The summed E-state index contributed by atoms with van der Waals surface area (Å²) in [5.74, 6) is 0.449. The number of aliphatic hydroxyl groups excluding tert-OH is 2. The summed E-state index contributed by atoms with van der Waals surface area (Å²) in [5.41, 5.74) is 6.65. The van der Waals surface area contributed by atoms with Crippen molar-refractivity contribution in [1.82, 2.24) is 0 Å². The van der Waals surface area contributed by atoms with E-state index in [2.05, 4.69) is 0 Å². The fraction of sp³-hybridized carbons (Fsp3) is 0.455. The zero-order chi connectivity index (χ0) is 12.1. The molecule has 1 aromatic carbocycles. The summed E-state index contributed by atoms with van der Waals surface area (Å²) in [6.07, 6.45) is -0.697. The SMILES string of the molecule is CC(N)c1ccc(SCC(O)CO)cc1Cl. The van der Waals surface area contributed by atoms with Gasteiger partial charge in [-0.3, -0.25) is 0 Å². The van der Waals surface area contributed by atoms with Crippen LogP contribution in [-0.4, -0.2) is 28.7 Å². The zero-order valence-corrected chi connectivity index (χ0v) is 10.6. The fourth-order valence-electron chi connectivity index (χ4n) is 1.21. The molecule has 3 nitrogen and oxygen atoms in total. The highest BCUT2D eigenvalue weighted by Gasteiger charge is 2.08. The van der Waals surface area contributed by atoms with Crippen molar-refractivity contribution >= 4 is 23.4 Å². The highest BCUT2D eigenvalue weighted by Crippen LogP contribution is 2.28. The van der Waals surface area contributed by atoms with Gasteiger partial charge in [-0.2, -0.15) is 0 Å². The molecule has 0 heterocycles. The van der Waals surface area contributed by atoms with Crippen molar-refractivity contribution in [3.63, 3.8) is 0 Å². The molecule has 5 heteroatoms. The van der Waals surface area contributed by atoms with E-state index in [1.54, 1.807) is 0 Å². The van der Waals surface area contributed by atoms with Gasteiger partial charge in [0.05, 0.1) is 12.7 Å². The van der Waals surface area contributed by atoms with Gasteiger partial charge in [0.15, 0.2) is 0 Å². The molecule has 0 saturated carbocycles. The minimum absolute atomic E-state index is 0.0883. The lowest BCUT2D eigenvalue weighted by Gasteiger charge is -2.11. The molecule has 90 valence electrons. The van der Waals surface area contributed by atoms with E-state index in [1.807, 2.05) is 25.1 Å². The number of thioether (sulfide) groups is 1. The molecule has 2 atom stereocenters. The Hall–Kier alpha value is -0.260. The maximum Gasteiger partial charge on any atom is 0.0864 e. The van der Waals surface area contributed by atoms with Crippen molar-refractivity contribution in [3.05, 3.63) is 28.8 Å². The van der Waals surface area contributed by atoms with Gasteiger partial charge in [0.1, 0.15) is 0 Å². The van der Waals surface area contributed by atoms with Gasteiger partial charge in [0, 0.05) is 21.7 Å². The van der Waals surface area contributed by atoms with Crippen molar-refractivity contribution in [2.45, 2.75) is 24.0 Å². The maximum atomic E-state index is 9.21. The Balaban J connectivity index is 2.66. The first-order valence-electron chi connectivity index (χ1n) is 5.01. The molecule has 1 aromatic rings. The van der Waals surface area contributed by atoms with Crippen molar-refractivity contribution in [1.29, 1.82) is 0 Å². The molecule has 0 spiro atoms. The van der Waals surface area contributed by atoms with E-state index >= 15 is 0 Å². The van der Waals surface area contributed by atoms with E-state index in [-0.39, 0.29) is 12.6 Å². The molecular formula is C11H16ClNO2S. The van der Waals surface area contributed by atoms with Crippen LogP contribution in [0.4, 0.5) is 0 Å². The van der Waals surface area contributed by atoms with E-state index in [0.29, 0.717) is 10.8 Å². The third kappa shape index (κ3) is 3.96. The van der Waals surface area contributed by atoms with Crippen LogP contribution in [0.1, 0.15) is 18.5 Å². The lowest BCUT2D eigenvalue weighted by Crippen LogP contribution is -2.14. The summed E-state index contributed by atoms with van der Waals surface area (Å²) in [6.45, 7) is 1.65. The van der Waals surface area contributed by atoms with Crippen LogP contribution in [-0.2, 0) is 0 Å². The molecule has 16 heavy (non-hydrogen) atoms. The standard InChI is InChI=1S/C11H16ClNO2S/c1-7(13)10-3-2-9(4-11(10)12)16-6-8(15)5-14/h2-4,7-8,14-15H,5-6,13H2,1H3. The first-order chi connectivity index (χ1) is 7.54. The molecule has 0 fully saturated rings. The first-order valence-corrected chi connectivity index (χ1v) is 6.37. The molecule has 0 bridgehead atoms. The monoisotopic (exact) mass is 261 g/mol. The van der Waals surface area contributed by atoms with Crippen LogP contribution in [0.3, 0.4) is 0 Å². The zero-order valence-electron chi connectivity index (χ0n) is 9.06. The topological polar surface area (TPSA) is 66.5 Å². The van der Waals surface area contributed by atoms with Crippen LogP contribution >= 0.6 is 23.4 Å². The van der Waals surface area contributed by atoms with E-state index < -0.39 is 6.10 Å². The highest BCUT2D eigenvalue weighted by molar-refractivity contribution is 7.99. The molecule has 0 saturated heterocycles. The van der Waals surface area contributed by atoms with E-state index in [9.17, 15) is 5.11 Å². The minimum atomic E-state index is -0.697. The molecule has 0 aliphatic rings. The van der Waals surface area contributed by atoms with Gasteiger partial charge >= 0.3 is 0 Å². The average molecular weight is 262 g/mol. The number of rotatable bonds is 5. The quantitative estimate of drug-likeness (QED) is 0.708. The van der Waals surface area contributed by atoms with Crippen molar-refractivity contribution < 1.29 is 10.2 Å². The lowest BCUT2D eigenvalue weighted by atomic mass is 10.1. The summed E-state index contributed by atoms with van der Waals surface area (Å²) in [7, 11) is 0. The average Bonchev–Trinajstić information content (AvgIpc) is 2.25. The van der Waals surface area contributed by atoms with Crippen LogP contribution in [0, 0.1) is 0 Å². The largest absolute Gasteiger partial charge is 0.394 e. The molecule has 2 unspecified atom stereocenters. The molecule has 0 aliphatic carbocycles. The number of hydrogen-bond acceptors (Lipinski definition) is 4. The number of aliphatic hydroxyl groups is 2. The molecule has 1 rings (SSSR count). The third-order valence-electron chi connectivity index (χ3n) is 2.12. The Morgan fingerprint density at radius 2 is 2.19 bits per heavy atom. The Morgan fingerprint density at radius 3 is 2.69 bits per heavy atom. The third-order valence-corrected chi connectivity index (χ3v) is 3.58. The molecule has 0 radical (unpaired) electrons. The van der Waals surface area contributed by atoms with Gasteiger partial charge in [0.25, 0.3) is 0 Å². The Labute approximate surface area is 105 Å². The molecule has 4 N–H and O–H groups in total. The summed E-state index contributed by atoms with van der Waals surface area (Å²) in [5, 5.41) is 18.5. The van der Waals surface area contributed by atoms with Crippen LogP contribution in [0.5, 0.6) is 0 Å². The van der Waals surface area contributed by atoms with Gasteiger partial charge in [-0.05, 0) is 24.6 Å². The molecular weight excluding hydrogens is 246 g/mol. The van der Waals surface area contributed by atoms with E-state index in [0.717, 1.165) is 10.5 Å². The predicted octanol–water partition coefficient (Wildman–Crippen LogP) is 1.81. The van der Waals surface area contributed by atoms with Crippen molar-refractivity contribution in [2.24, 2.45) is 5.73 Å². The smallest absolute Gasteiger partial charge is 0.0864 e. The van der Waals surface area contributed by atoms with Crippen LogP contribution < -0.4 is 5.73 Å². The first kappa shape index (κ1) is 13.8. The number of hydrogen-bond donors (Lipinski definition) is 3. The van der Waals surface area contributed by atoms with Gasteiger partial charge in [-0.1, -0.05) is 17.7 Å². The Bertz CT molecular complexity index is 347. The van der Waals surface area contributed by atoms with E-state index in [1.165, 1.54) is 11.8 Å². The minimum Gasteiger partial charge on any atom is -0.394 e. The van der Waals surface area contributed by atoms with Crippen molar-refractivity contribution in [3.8, 4) is 0 Å². The summed E-state index contributed by atoms with van der Waals surface area (Å²) >= 11 is 7.52. The second-order valence-electron chi connectivity index (χ2n) is 3.62. The predicted molar refractivity (Wildman–Crippen MR) is 67.9 cm³/mol. The van der Waals surface area contributed by atoms with Gasteiger partial charge in [-0.25, -0.2) is 0 Å². The van der Waals surface area contributed by atoms with Gasteiger partial charge in [-0.15, -0.1) is 11.8 Å². The number of halogens is 1. The molecule has 0 amide bonds. The Kier molecular flexibility index (Phi) is 5.58. The van der Waals surface area contributed by atoms with Crippen LogP contribution in [0.25, 0.3) is 0 Å². The molecule has 0 aliphatic heterocycles. The fourth-order valence-corrected chi connectivity index (χ4v) is 2.49. The molecule has 0 aromatic heterocycles. The van der Waals surface area contributed by atoms with Crippen LogP contribution in [0.15, 0.2) is 23.1 Å². The van der Waals surface area contributed by atoms with Crippen LogP contribution in [0.2, 0.25) is 5.02 Å². The Morgan fingerprint density at radius 1 is 1.50 bits per heavy atom. The summed E-state index contributed by atoms with van der Waals surface area (Å²) < 4.78 is 0. The second kappa shape index (κ2) is 6.47. The maximum absolute atomic E-state index is 9.21. The van der Waals surface area contributed by atoms with E-state index in [4.69, 9.17) is 22.4 Å². The van der Waals surface area contributed by atoms with Gasteiger partial charge < -0.3 is 15.9 Å². The van der Waals surface area contributed by atoms with Gasteiger partial charge in [0.2, 0.25) is 0 Å². The summed E-state index contributed by atoms with van der Waals surface area (Å²) in [6, 6.07) is 5.55. The highest BCUT2D eigenvalue weighted by atomic mass is 35.5.